The molecule has 36 heavy (non-hydrogen) atoms. The van der Waals surface area contributed by atoms with E-state index in [1.807, 2.05) is 0 Å². The average Bonchev–Trinajstić information content (AvgIpc) is 3.39. The molecule has 2 N–H and O–H groups in total. The van der Waals surface area contributed by atoms with E-state index in [4.69, 9.17) is 4.74 Å². The fourth-order valence-corrected chi connectivity index (χ4v) is 4.69. The number of fused-ring (bicyclic) bond motifs is 1. The minimum absolute atomic E-state index is 0.0133. The van der Waals surface area contributed by atoms with Crippen molar-refractivity contribution in [2.24, 2.45) is 0 Å². The molecule has 9 nitrogen and oxygen atoms in total. The van der Waals surface area contributed by atoms with Gasteiger partial charge in [0.25, 0.3) is 5.56 Å². The minimum atomic E-state index is -0.546. The van der Waals surface area contributed by atoms with Crippen LogP contribution in [0.5, 0.6) is 5.75 Å². The van der Waals surface area contributed by atoms with E-state index < -0.39 is 17.2 Å². The Labute approximate surface area is 209 Å². The lowest BCUT2D eigenvalue weighted by Crippen LogP contribution is -2.41. The van der Waals surface area contributed by atoms with Crippen molar-refractivity contribution in [1.82, 2.24) is 14.5 Å². The Morgan fingerprint density at radius 3 is 2.53 bits per heavy atom. The van der Waals surface area contributed by atoms with Crippen molar-refractivity contribution in [2.75, 3.05) is 12.4 Å². The maximum Gasteiger partial charge on any atom is 0.331 e. The Kier molecular flexibility index (Phi) is 8.20. The summed E-state index contributed by atoms with van der Waals surface area (Å²) in [6, 6.07) is 14.0. The smallest absolute Gasteiger partial charge is 0.331 e. The first-order chi connectivity index (χ1) is 17.5. The van der Waals surface area contributed by atoms with Gasteiger partial charge in [0, 0.05) is 30.8 Å². The Balaban J connectivity index is 1.47. The highest BCUT2D eigenvalue weighted by atomic mass is 16.5. The van der Waals surface area contributed by atoms with E-state index in [9.17, 15) is 19.2 Å². The zero-order chi connectivity index (χ0) is 25.5. The molecule has 1 aliphatic rings. The maximum atomic E-state index is 13.3. The molecule has 0 atom stereocenters. The van der Waals surface area contributed by atoms with Gasteiger partial charge < -0.3 is 15.4 Å². The van der Waals surface area contributed by atoms with E-state index in [-0.39, 0.29) is 25.0 Å². The van der Waals surface area contributed by atoms with Crippen LogP contribution in [0.15, 0.2) is 58.1 Å². The summed E-state index contributed by atoms with van der Waals surface area (Å²) >= 11 is 0. The number of nitrogens with one attached hydrogen (secondary N) is 2. The van der Waals surface area contributed by atoms with E-state index in [1.165, 1.54) is 11.7 Å². The van der Waals surface area contributed by atoms with E-state index in [0.29, 0.717) is 41.6 Å². The molecule has 1 aromatic heterocycles. The van der Waals surface area contributed by atoms with Crippen molar-refractivity contribution in [3.8, 4) is 5.75 Å². The van der Waals surface area contributed by atoms with Crippen molar-refractivity contribution >= 4 is 28.4 Å². The van der Waals surface area contributed by atoms with Crippen LogP contribution >= 0.6 is 0 Å². The Bertz CT molecular complexity index is 1350. The Morgan fingerprint density at radius 2 is 1.75 bits per heavy atom. The number of para-hydroxylation sites is 1. The van der Waals surface area contributed by atoms with Crippen LogP contribution in [-0.4, -0.2) is 34.1 Å². The molecule has 9 heteroatoms. The van der Waals surface area contributed by atoms with Gasteiger partial charge in [0.15, 0.2) is 0 Å². The summed E-state index contributed by atoms with van der Waals surface area (Å²) in [6.45, 7) is -0.0721. The lowest BCUT2D eigenvalue weighted by molar-refractivity contribution is -0.122. The van der Waals surface area contributed by atoms with Gasteiger partial charge in [-0.25, -0.2) is 4.79 Å². The summed E-state index contributed by atoms with van der Waals surface area (Å²) in [7, 11) is 1.54. The van der Waals surface area contributed by atoms with Gasteiger partial charge in [0.05, 0.1) is 18.0 Å². The summed E-state index contributed by atoms with van der Waals surface area (Å²) in [4.78, 5) is 51.4. The van der Waals surface area contributed by atoms with Gasteiger partial charge in [-0.1, -0.05) is 31.0 Å². The van der Waals surface area contributed by atoms with Gasteiger partial charge >= 0.3 is 5.69 Å². The average molecular weight is 493 g/mol. The third-order valence-electron chi connectivity index (χ3n) is 6.54. The molecule has 0 radical (unpaired) electrons. The number of amides is 2. The normalized spacial score (nSPS) is 13.6. The number of unbranched alkanes of at least 4 members (excludes halogenated alkanes) is 1. The second-order valence-electron chi connectivity index (χ2n) is 9.13. The van der Waals surface area contributed by atoms with Crippen molar-refractivity contribution in [2.45, 2.75) is 64.1 Å². The number of carbonyl (C=O) groups excluding carboxylic acids is 2. The van der Waals surface area contributed by atoms with Crippen LogP contribution in [0.3, 0.4) is 0 Å². The molecule has 0 aliphatic heterocycles. The standard InChI is InChI=1S/C27H32N4O5/c1-36-21-12-8-11-20(17-21)29-25(33)18-31-23-14-5-4-13-22(23)26(34)30(27(31)35)16-7-6-15-24(32)28-19-9-2-3-10-19/h4-5,8,11-14,17,19H,2-3,6-7,9-10,15-16,18H2,1H3,(H,28,32)(H,29,33). The zero-order valence-electron chi connectivity index (χ0n) is 20.5. The number of methoxy groups -OCH3 is 1. The molecule has 0 spiro atoms. The molecular weight excluding hydrogens is 460 g/mol. The molecule has 1 aliphatic carbocycles. The van der Waals surface area contributed by atoms with Gasteiger partial charge in [0.1, 0.15) is 12.3 Å². The van der Waals surface area contributed by atoms with Crippen molar-refractivity contribution in [1.29, 1.82) is 0 Å². The number of hydrogen-bond acceptors (Lipinski definition) is 5. The van der Waals surface area contributed by atoms with E-state index >= 15 is 0 Å². The van der Waals surface area contributed by atoms with Gasteiger partial charge in [-0.15, -0.1) is 0 Å². The van der Waals surface area contributed by atoms with E-state index in [2.05, 4.69) is 10.6 Å². The first-order valence-electron chi connectivity index (χ1n) is 12.4. The molecule has 3 aromatic rings. The molecule has 0 unspecified atom stereocenters. The number of hydrogen-bond donors (Lipinski definition) is 2. The highest BCUT2D eigenvalue weighted by molar-refractivity contribution is 5.91. The number of rotatable bonds is 10. The second-order valence-corrected chi connectivity index (χ2v) is 9.13. The quantitative estimate of drug-likeness (QED) is 0.423. The van der Waals surface area contributed by atoms with Crippen LogP contribution < -0.4 is 26.6 Å². The fourth-order valence-electron chi connectivity index (χ4n) is 4.69. The highest BCUT2D eigenvalue weighted by Crippen LogP contribution is 2.18. The van der Waals surface area contributed by atoms with Crippen LogP contribution in [0.4, 0.5) is 5.69 Å². The van der Waals surface area contributed by atoms with Crippen LogP contribution in [0.2, 0.25) is 0 Å². The summed E-state index contributed by atoms with van der Waals surface area (Å²) in [5.41, 5.74) is 0.00625. The third-order valence-corrected chi connectivity index (χ3v) is 6.54. The molecule has 1 saturated carbocycles. The second kappa shape index (κ2) is 11.7. The molecule has 4 rings (SSSR count). The summed E-state index contributed by atoms with van der Waals surface area (Å²) in [6.07, 6.45) is 5.79. The zero-order valence-corrected chi connectivity index (χ0v) is 20.5. The molecule has 0 saturated heterocycles. The molecule has 0 bridgehead atoms. The highest BCUT2D eigenvalue weighted by Gasteiger charge is 2.18. The molecule has 2 amide bonds. The minimum Gasteiger partial charge on any atom is -0.497 e. The number of anilines is 1. The summed E-state index contributed by atoms with van der Waals surface area (Å²) < 4.78 is 7.67. The fraction of sp³-hybridized carbons (Fsp3) is 0.407. The summed E-state index contributed by atoms with van der Waals surface area (Å²) in [5.74, 6) is 0.213. The van der Waals surface area contributed by atoms with Crippen LogP contribution in [0.1, 0.15) is 44.9 Å². The van der Waals surface area contributed by atoms with Gasteiger partial charge in [-0.2, -0.15) is 0 Å². The molecular formula is C27H32N4O5. The lowest BCUT2D eigenvalue weighted by atomic mass is 10.2. The Morgan fingerprint density at radius 1 is 0.972 bits per heavy atom. The maximum absolute atomic E-state index is 13.3. The Hall–Kier alpha value is -3.88. The van der Waals surface area contributed by atoms with Crippen molar-refractivity contribution in [3.05, 3.63) is 69.4 Å². The predicted molar refractivity (Wildman–Crippen MR) is 138 cm³/mol. The number of ether oxygens (including phenoxy) is 1. The molecule has 1 fully saturated rings. The van der Waals surface area contributed by atoms with Gasteiger partial charge in [0.2, 0.25) is 11.8 Å². The first kappa shape index (κ1) is 25.2. The number of carbonyl (C=O) groups is 2. The van der Waals surface area contributed by atoms with Crippen LogP contribution in [0.25, 0.3) is 10.9 Å². The first-order valence-corrected chi connectivity index (χ1v) is 12.4. The van der Waals surface area contributed by atoms with E-state index in [1.54, 1.807) is 48.5 Å². The topological polar surface area (TPSA) is 111 Å². The molecule has 1 heterocycles. The summed E-state index contributed by atoms with van der Waals surface area (Å²) in [5, 5.41) is 6.20. The predicted octanol–water partition coefficient (Wildman–Crippen LogP) is 3.04. The van der Waals surface area contributed by atoms with Gasteiger partial charge in [-0.3, -0.25) is 23.5 Å². The third kappa shape index (κ3) is 6.02. The van der Waals surface area contributed by atoms with Gasteiger partial charge in [-0.05, 0) is 49.9 Å². The molecule has 2 aromatic carbocycles. The number of benzene rings is 2. The monoisotopic (exact) mass is 492 g/mol. The SMILES string of the molecule is COc1cccc(NC(=O)Cn2c(=O)n(CCCCC(=O)NC3CCCC3)c(=O)c3ccccc32)c1. The van der Waals surface area contributed by atoms with Crippen LogP contribution in [0, 0.1) is 0 Å². The largest absolute Gasteiger partial charge is 0.497 e. The van der Waals surface area contributed by atoms with Crippen LogP contribution in [-0.2, 0) is 22.7 Å². The number of aromatic nitrogens is 2. The van der Waals surface area contributed by atoms with E-state index in [0.717, 1.165) is 30.3 Å². The molecule has 190 valence electrons. The van der Waals surface area contributed by atoms with Crippen molar-refractivity contribution < 1.29 is 14.3 Å². The lowest BCUT2D eigenvalue weighted by Gasteiger charge is -2.15. The van der Waals surface area contributed by atoms with Crippen molar-refractivity contribution in [3.63, 3.8) is 0 Å². The number of nitrogens with zero attached hydrogens (tertiary/aromatic N) is 2.